The van der Waals surface area contributed by atoms with E-state index < -0.39 is 23.5 Å². The fourth-order valence-electron chi connectivity index (χ4n) is 2.84. The minimum absolute atomic E-state index is 0.113. The molecular weight excluding hydrogens is 277 g/mol. The van der Waals surface area contributed by atoms with Crippen LogP contribution in [-0.4, -0.2) is 31.1 Å². The van der Waals surface area contributed by atoms with Crippen LogP contribution in [-0.2, 0) is 0 Å². The van der Waals surface area contributed by atoms with Gasteiger partial charge in [-0.25, -0.2) is 13.2 Å². The first kappa shape index (κ1) is 16.3. The van der Waals surface area contributed by atoms with E-state index in [0.29, 0.717) is 12.3 Å². The van der Waals surface area contributed by atoms with E-state index in [9.17, 15) is 13.2 Å². The van der Waals surface area contributed by atoms with Crippen LogP contribution in [0.1, 0.15) is 38.3 Å². The second-order valence-corrected chi connectivity index (χ2v) is 6.03. The number of hydrogen-bond donors (Lipinski definition) is 1. The van der Waals surface area contributed by atoms with E-state index in [1.807, 2.05) is 0 Å². The fraction of sp³-hybridized carbons (Fsp3) is 0.625. The predicted molar refractivity (Wildman–Crippen MR) is 77.6 cm³/mol. The first-order valence-corrected chi connectivity index (χ1v) is 7.59. The molecule has 0 unspecified atom stereocenters. The molecule has 1 aliphatic rings. The van der Waals surface area contributed by atoms with Crippen LogP contribution in [0.2, 0.25) is 0 Å². The number of rotatable bonds is 5. The summed E-state index contributed by atoms with van der Waals surface area (Å²) in [5, 5.41) is 3.22. The molecule has 1 aliphatic heterocycles. The van der Waals surface area contributed by atoms with E-state index in [-0.39, 0.29) is 5.56 Å². The highest BCUT2D eigenvalue weighted by Gasteiger charge is 2.28. The lowest BCUT2D eigenvalue weighted by molar-refractivity contribution is 0.152. The molecule has 1 aromatic carbocycles. The van der Waals surface area contributed by atoms with Crippen molar-refractivity contribution in [2.24, 2.45) is 5.92 Å². The maximum absolute atomic E-state index is 14.1. The van der Waals surface area contributed by atoms with Crippen molar-refractivity contribution in [2.45, 2.75) is 32.7 Å². The number of nitrogens with zero attached hydrogens (tertiary/aromatic N) is 1. The second kappa shape index (κ2) is 7.27. The van der Waals surface area contributed by atoms with E-state index >= 15 is 0 Å². The van der Waals surface area contributed by atoms with E-state index in [4.69, 9.17) is 0 Å². The van der Waals surface area contributed by atoms with Crippen molar-refractivity contribution in [3.05, 3.63) is 35.1 Å². The van der Waals surface area contributed by atoms with Crippen molar-refractivity contribution in [2.75, 3.05) is 26.2 Å². The molecule has 1 saturated heterocycles. The number of hydrogen-bond acceptors (Lipinski definition) is 2. The number of nitrogens with one attached hydrogen (secondary N) is 1. The summed E-state index contributed by atoms with van der Waals surface area (Å²) >= 11 is 0. The van der Waals surface area contributed by atoms with Gasteiger partial charge in [-0.05, 0) is 30.9 Å². The zero-order valence-electron chi connectivity index (χ0n) is 12.6. The Morgan fingerprint density at radius 1 is 1.05 bits per heavy atom. The summed E-state index contributed by atoms with van der Waals surface area (Å²) in [4.78, 5) is 2.06. The lowest BCUT2D eigenvalue weighted by Gasteiger charge is -2.36. The molecule has 1 atom stereocenters. The Kier molecular flexibility index (Phi) is 5.65. The normalized spacial score (nSPS) is 18.2. The van der Waals surface area contributed by atoms with Gasteiger partial charge < -0.3 is 5.32 Å². The van der Waals surface area contributed by atoms with Crippen LogP contribution in [0.15, 0.2) is 12.1 Å². The van der Waals surface area contributed by atoms with Crippen LogP contribution in [0.4, 0.5) is 13.2 Å². The molecule has 0 aliphatic carbocycles. The van der Waals surface area contributed by atoms with Gasteiger partial charge in [-0.1, -0.05) is 13.8 Å². The molecule has 0 aromatic heterocycles. The zero-order valence-corrected chi connectivity index (χ0v) is 12.6. The molecule has 5 heteroatoms. The molecule has 0 spiro atoms. The lowest BCUT2D eigenvalue weighted by atomic mass is 9.94. The monoisotopic (exact) mass is 300 g/mol. The summed E-state index contributed by atoms with van der Waals surface area (Å²) in [7, 11) is 0. The molecule has 118 valence electrons. The van der Waals surface area contributed by atoms with Gasteiger partial charge in [0.1, 0.15) is 5.82 Å². The van der Waals surface area contributed by atoms with Crippen molar-refractivity contribution in [3.63, 3.8) is 0 Å². The van der Waals surface area contributed by atoms with Crippen LogP contribution in [0.25, 0.3) is 0 Å². The highest BCUT2D eigenvalue weighted by Crippen LogP contribution is 2.32. The smallest absolute Gasteiger partial charge is 0.166 e. The van der Waals surface area contributed by atoms with Gasteiger partial charge in [0.25, 0.3) is 0 Å². The van der Waals surface area contributed by atoms with E-state index in [0.717, 1.165) is 44.7 Å². The summed E-state index contributed by atoms with van der Waals surface area (Å²) in [5.74, 6) is -2.23. The van der Waals surface area contributed by atoms with Gasteiger partial charge in [0.15, 0.2) is 11.6 Å². The van der Waals surface area contributed by atoms with Gasteiger partial charge in [-0.15, -0.1) is 0 Å². The number of piperazine rings is 1. The molecule has 2 rings (SSSR count). The van der Waals surface area contributed by atoms with Crippen LogP contribution in [0, 0.1) is 23.4 Å². The Labute approximate surface area is 124 Å². The number of benzene rings is 1. The molecule has 0 amide bonds. The standard InChI is InChI=1S/C16H23F3N2/c1-11(2)3-6-14(21-9-7-20-8-10-21)15-12(17)4-5-13(18)16(15)19/h4-5,11,14,20H,3,6-10H2,1-2H3/t14-/m1/s1. The molecule has 1 N–H and O–H groups in total. The minimum Gasteiger partial charge on any atom is -0.314 e. The molecule has 0 bridgehead atoms. The van der Waals surface area contributed by atoms with Crippen LogP contribution < -0.4 is 5.32 Å². The molecular formula is C16H23F3N2. The summed E-state index contributed by atoms with van der Waals surface area (Å²) < 4.78 is 41.8. The van der Waals surface area contributed by atoms with Gasteiger partial charge in [0.05, 0.1) is 0 Å². The van der Waals surface area contributed by atoms with Crippen LogP contribution in [0.5, 0.6) is 0 Å². The topological polar surface area (TPSA) is 15.3 Å². The van der Waals surface area contributed by atoms with Gasteiger partial charge >= 0.3 is 0 Å². The summed E-state index contributed by atoms with van der Waals surface area (Å²) in [6, 6.07) is 1.48. The van der Waals surface area contributed by atoms with Crippen molar-refractivity contribution in [1.29, 1.82) is 0 Å². The Bertz CT molecular complexity index is 471. The second-order valence-electron chi connectivity index (χ2n) is 6.03. The first-order chi connectivity index (χ1) is 10.0. The Hall–Kier alpha value is -1.07. The van der Waals surface area contributed by atoms with Gasteiger partial charge in [0, 0.05) is 37.8 Å². The Morgan fingerprint density at radius 3 is 2.29 bits per heavy atom. The minimum atomic E-state index is -1.04. The third-order valence-corrected chi connectivity index (χ3v) is 4.02. The van der Waals surface area contributed by atoms with Crippen molar-refractivity contribution in [3.8, 4) is 0 Å². The van der Waals surface area contributed by atoms with Gasteiger partial charge in [0.2, 0.25) is 0 Å². The maximum Gasteiger partial charge on any atom is 0.166 e. The molecule has 1 fully saturated rings. The third-order valence-electron chi connectivity index (χ3n) is 4.02. The zero-order chi connectivity index (χ0) is 15.4. The molecule has 0 saturated carbocycles. The SMILES string of the molecule is CC(C)CC[C@H](c1c(F)ccc(F)c1F)N1CCNCC1. The van der Waals surface area contributed by atoms with Crippen molar-refractivity contribution >= 4 is 0 Å². The van der Waals surface area contributed by atoms with E-state index in [2.05, 4.69) is 24.1 Å². The van der Waals surface area contributed by atoms with E-state index in [1.165, 1.54) is 0 Å². The van der Waals surface area contributed by atoms with Crippen LogP contribution in [0.3, 0.4) is 0 Å². The third kappa shape index (κ3) is 3.98. The highest BCUT2D eigenvalue weighted by atomic mass is 19.2. The Morgan fingerprint density at radius 2 is 1.67 bits per heavy atom. The molecule has 1 heterocycles. The first-order valence-electron chi connectivity index (χ1n) is 7.59. The van der Waals surface area contributed by atoms with Crippen LogP contribution >= 0.6 is 0 Å². The molecule has 2 nitrogen and oxygen atoms in total. The van der Waals surface area contributed by atoms with E-state index in [1.54, 1.807) is 0 Å². The lowest BCUT2D eigenvalue weighted by Crippen LogP contribution is -2.45. The van der Waals surface area contributed by atoms with Gasteiger partial charge in [-0.2, -0.15) is 0 Å². The summed E-state index contributed by atoms with van der Waals surface area (Å²) in [6.45, 7) is 7.17. The average molecular weight is 300 g/mol. The van der Waals surface area contributed by atoms with Gasteiger partial charge in [-0.3, -0.25) is 4.90 Å². The Balaban J connectivity index is 2.31. The number of halogens is 3. The predicted octanol–water partition coefficient (Wildman–Crippen LogP) is 3.49. The molecule has 1 aromatic rings. The largest absolute Gasteiger partial charge is 0.314 e. The summed E-state index contributed by atoms with van der Waals surface area (Å²) in [5.41, 5.74) is -0.113. The average Bonchev–Trinajstić information content (AvgIpc) is 2.47. The van der Waals surface area contributed by atoms with Crippen molar-refractivity contribution in [1.82, 2.24) is 10.2 Å². The quantitative estimate of drug-likeness (QED) is 0.838. The molecule has 21 heavy (non-hydrogen) atoms. The molecule has 0 radical (unpaired) electrons. The fourth-order valence-corrected chi connectivity index (χ4v) is 2.84. The van der Waals surface area contributed by atoms with Crippen molar-refractivity contribution < 1.29 is 13.2 Å². The summed E-state index contributed by atoms with van der Waals surface area (Å²) in [6.07, 6.45) is 1.49. The maximum atomic E-state index is 14.1. The highest BCUT2D eigenvalue weighted by molar-refractivity contribution is 5.25.